The van der Waals surface area contributed by atoms with Crippen LogP contribution in [0.3, 0.4) is 0 Å². The number of ether oxygens (including phenoxy) is 1. The van der Waals surface area contributed by atoms with Crippen LogP contribution in [-0.2, 0) is 39.9 Å². The second kappa shape index (κ2) is 24.0. The van der Waals surface area contributed by atoms with Crippen molar-refractivity contribution < 1.29 is 35.2 Å². The summed E-state index contributed by atoms with van der Waals surface area (Å²) < 4.78 is 67.0. The van der Waals surface area contributed by atoms with Crippen LogP contribution in [0.1, 0.15) is 67.4 Å². The largest absolute Gasteiger partial charge is 0.468 e. The summed E-state index contributed by atoms with van der Waals surface area (Å²) in [5.41, 5.74) is 16.4. The Balaban J connectivity index is 0.000000293. The molecule has 0 aliphatic carbocycles. The van der Waals surface area contributed by atoms with E-state index in [0.29, 0.717) is 39.7 Å². The second-order valence-electron chi connectivity index (χ2n) is 14.6. The van der Waals surface area contributed by atoms with Crippen LogP contribution in [0.5, 0.6) is 0 Å². The van der Waals surface area contributed by atoms with E-state index in [0.717, 1.165) is 50.5 Å². The van der Waals surface area contributed by atoms with Gasteiger partial charge in [-0.25, -0.2) is 24.2 Å². The molecule has 0 unspecified atom stereocenters. The zero-order chi connectivity index (χ0) is 48.9. The van der Waals surface area contributed by atoms with Crippen LogP contribution < -0.4 is 23.0 Å². The fourth-order valence-corrected chi connectivity index (χ4v) is 8.04. The summed E-state index contributed by atoms with van der Waals surface area (Å²) in [4.78, 5) is 22.5. The average molecular weight is 963 g/mol. The number of rotatable bonds is 6. The van der Waals surface area contributed by atoms with Crippen LogP contribution >= 0.6 is 23.2 Å². The molecule has 348 valence electrons. The van der Waals surface area contributed by atoms with Gasteiger partial charge in [0.25, 0.3) is 10.1 Å². The predicted octanol–water partition coefficient (Wildman–Crippen LogP) is 6.87. The first-order chi connectivity index (χ1) is 29.7. The van der Waals surface area contributed by atoms with Crippen molar-refractivity contribution in [2.24, 2.45) is 10.9 Å². The maximum atomic E-state index is 11.7. The van der Waals surface area contributed by atoms with Gasteiger partial charge in [0, 0.05) is 17.1 Å². The lowest BCUT2D eigenvalue weighted by molar-refractivity contribution is -0.137. The van der Waals surface area contributed by atoms with E-state index in [1.54, 1.807) is 45.0 Å². The number of hydrogen-bond donors (Lipinski definition) is 4. The number of benzene rings is 2. The molecule has 6 rings (SSSR count). The van der Waals surface area contributed by atoms with E-state index in [-0.39, 0.29) is 21.4 Å². The average Bonchev–Trinajstić information content (AvgIpc) is 3.67. The smallest absolute Gasteiger partial charge is 0.320 e. The van der Waals surface area contributed by atoms with E-state index in [1.165, 1.54) is 11.8 Å². The van der Waals surface area contributed by atoms with E-state index in [9.17, 15) is 26.2 Å². The minimum atomic E-state index is -4.38. The van der Waals surface area contributed by atoms with E-state index >= 15 is 0 Å². The molecule has 6 aromatic rings. The van der Waals surface area contributed by atoms with Crippen LogP contribution in [-0.4, -0.2) is 64.6 Å². The standard InChI is InChI=1S/C15H19N3O3S.C9H10ClN3.C9H13NO3S.C7H10N2.C3H5ClO2/c1-9-7-11(3)14(22(19,20)21)13(8-9)17-15-10(2)5-6-12(4)18(15)16;1-6-3-4-7(2)13-9(6)11-8(5-10)12-13;1-6-4-7(2)9(8(3)5-6)14(11,12)13-10;1-5-3-4-6(2)9-7(5)8;1-6-3(5)2-4/h5-8H,16H2,1-4H3,(H,19,20,21);3-4H,5H2,1-2H3;4-5H,10H2,1-3H3;3-4H,1-2H3,(H2,8,9);2H2,1H3. The fourth-order valence-electron chi connectivity index (χ4n) is 5.98. The number of anilines is 1. The minimum absolute atomic E-state index is 0.0590. The topological polar surface area (TPSA) is 262 Å². The Morgan fingerprint density at radius 1 is 0.734 bits per heavy atom. The number of halogens is 2. The third kappa shape index (κ3) is 15.4. The highest BCUT2D eigenvalue weighted by Gasteiger charge is 2.20. The molecule has 17 nitrogen and oxygen atoms in total. The molecule has 4 heterocycles. The number of carbonyl (C=O) groups is 1. The van der Waals surface area contributed by atoms with E-state index in [2.05, 4.69) is 29.1 Å². The zero-order valence-corrected chi connectivity index (χ0v) is 41.1. The first-order valence-electron chi connectivity index (χ1n) is 19.2. The van der Waals surface area contributed by atoms with Gasteiger partial charge in [-0.05, 0) is 139 Å². The van der Waals surface area contributed by atoms with Crippen LogP contribution in [0.15, 0.2) is 75.4 Å². The number of alkyl halides is 2. The molecule has 0 radical (unpaired) electrons. The van der Waals surface area contributed by atoms with Crippen molar-refractivity contribution in [2.45, 2.75) is 91.8 Å². The normalized spacial score (nSPS) is 11.2. The molecule has 0 saturated heterocycles. The Kier molecular flexibility index (Phi) is 20.6. The number of aryl methyl sites for hydroxylation is 11. The summed E-state index contributed by atoms with van der Waals surface area (Å²) in [6.07, 6.45) is 0. The number of nitrogen functional groups attached to an aromatic ring is 2. The number of nitrogens with two attached hydrogens (primary N) is 3. The lowest BCUT2D eigenvalue weighted by Crippen LogP contribution is -2.31. The lowest BCUT2D eigenvalue weighted by Gasteiger charge is -2.11. The number of esters is 1. The van der Waals surface area contributed by atoms with Crippen molar-refractivity contribution >= 4 is 66.6 Å². The van der Waals surface area contributed by atoms with Crippen LogP contribution in [0.2, 0.25) is 0 Å². The van der Waals surface area contributed by atoms with Gasteiger partial charge < -0.3 is 16.3 Å². The van der Waals surface area contributed by atoms with Gasteiger partial charge in [0.1, 0.15) is 21.5 Å². The van der Waals surface area contributed by atoms with E-state index < -0.39 is 26.2 Å². The van der Waals surface area contributed by atoms with Crippen molar-refractivity contribution in [1.82, 2.24) is 24.3 Å². The van der Waals surface area contributed by atoms with Crippen LogP contribution in [0, 0.1) is 76.2 Å². The first kappa shape index (κ1) is 54.7. The Hall–Kier alpha value is -5.41. The summed E-state index contributed by atoms with van der Waals surface area (Å²) >= 11 is 10.6. The molecule has 0 bridgehead atoms. The lowest BCUT2D eigenvalue weighted by atomic mass is 10.1. The Morgan fingerprint density at radius 2 is 1.25 bits per heavy atom. The molecule has 2 aromatic carbocycles. The molecular formula is C43H57Cl2N9O8S2. The summed E-state index contributed by atoms with van der Waals surface area (Å²) in [5, 5.41) is 4.27. The number of aromatic nitrogens is 5. The molecule has 0 atom stereocenters. The highest BCUT2D eigenvalue weighted by molar-refractivity contribution is 7.86. The van der Waals surface area contributed by atoms with Crippen LogP contribution in [0.4, 0.5) is 11.5 Å². The fraction of sp³-hybridized carbons (Fsp3) is 0.326. The van der Waals surface area contributed by atoms with E-state index in [4.69, 9.17) is 40.7 Å². The highest BCUT2D eigenvalue weighted by atomic mass is 35.5. The molecule has 0 saturated carbocycles. The summed E-state index contributed by atoms with van der Waals surface area (Å²) in [5.74, 6) is 11.9. The van der Waals surface area contributed by atoms with Gasteiger partial charge in [-0.15, -0.1) is 28.3 Å². The molecule has 7 N–H and O–H groups in total. The van der Waals surface area contributed by atoms with Crippen molar-refractivity contribution in [3.63, 3.8) is 0 Å². The maximum absolute atomic E-state index is 11.7. The van der Waals surface area contributed by atoms with Crippen molar-refractivity contribution in [2.75, 3.05) is 24.6 Å². The van der Waals surface area contributed by atoms with Gasteiger partial charge in [-0.3, -0.25) is 9.35 Å². The summed E-state index contributed by atoms with van der Waals surface area (Å²) in [6, 6.07) is 18.5. The number of methoxy groups -OCH3 is 1. The monoisotopic (exact) mass is 961 g/mol. The maximum Gasteiger partial charge on any atom is 0.320 e. The molecule has 0 spiro atoms. The predicted molar refractivity (Wildman–Crippen MR) is 251 cm³/mol. The van der Waals surface area contributed by atoms with Gasteiger partial charge in [0.2, 0.25) is 0 Å². The highest BCUT2D eigenvalue weighted by Crippen LogP contribution is 2.29. The number of pyridine rings is 3. The molecule has 0 amide bonds. The van der Waals surface area contributed by atoms with Gasteiger partial charge in [-0.2, -0.15) is 27.0 Å². The summed E-state index contributed by atoms with van der Waals surface area (Å²) in [7, 11) is -6.88. The van der Waals surface area contributed by atoms with Crippen molar-refractivity contribution in [3.8, 4) is 0 Å². The number of nitrogens with zero attached hydrogens (tertiary/aromatic N) is 6. The van der Waals surface area contributed by atoms with Gasteiger partial charge in [-0.1, -0.05) is 42.0 Å². The van der Waals surface area contributed by atoms with E-state index in [1.807, 2.05) is 96.3 Å². The quantitative estimate of drug-likeness (QED) is 0.0437. The Morgan fingerprint density at radius 3 is 1.70 bits per heavy atom. The molecule has 21 heteroatoms. The Bertz CT molecular complexity index is 2830. The zero-order valence-electron chi connectivity index (χ0n) is 38.0. The molecule has 0 fully saturated rings. The molecule has 0 aliphatic heterocycles. The summed E-state index contributed by atoms with van der Waals surface area (Å²) in [6.45, 7) is 20.3. The Labute approximate surface area is 385 Å². The molecule has 4 aromatic heterocycles. The van der Waals surface area contributed by atoms with Gasteiger partial charge >= 0.3 is 16.1 Å². The van der Waals surface area contributed by atoms with Crippen molar-refractivity contribution in [1.29, 1.82) is 0 Å². The van der Waals surface area contributed by atoms with Gasteiger partial charge in [0.15, 0.2) is 17.0 Å². The minimum Gasteiger partial charge on any atom is -0.468 e. The van der Waals surface area contributed by atoms with Gasteiger partial charge in [0.05, 0.1) is 18.7 Å². The van der Waals surface area contributed by atoms with Crippen LogP contribution in [0.25, 0.3) is 5.65 Å². The number of fused-ring (bicyclic) bond motifs is 1. The molecule has 0 aliphatic rings. The number of hydrogen-bond acceptors (Lipinski definition) is 14. The molecular weight excluding hydrogens is 906 g/mol. The molecule has 64 heavy (non-hydrogen) atoms. The number of carbonyl (C=O) groups excluding carboxylic acids is 1. The second-order valence-corrected chi connectivity index (χ2v) is 18.0. The third-order valence-electron chi connectivity index (χ3n) is 9.04. The van der Waals surface area contributed by atoms with Crippen molar-refractivity contribution in [3.05, 3.63) is 134 Å². The first-order valence-corrected chi connectivity index (χ1v) is 23.1. The third-order valence-corrected chi connectivity index (χ3v) is 11.9. The SMILES string of the molecule is COC(=O)CCl.Cc1cc(C)c(S(=O)(=O)O)c(N=c2c(C)ccc(C)n2N)c1.Cc1cc(C)c(S(=O)(=O)ON)c(C)c1.Cc1ccc(C)c(N)n1.Cc1ccc(C)n2nc(CCl)nc12.